The lowest BCUT2D eigenvalue weighted by Crippen LogP contribution is -2.30. The van der Waals surface area contributed by atoms with Crippen molar-refractivity contribution < 1.29 is 31.1 Å². The summed E-state index contributed by atoms with van der Waals surface area (Å²) in [7, 11) is -5.33. The molecule has 1 amide bonds. The van der Waals surface area contributed by atoms with Crippen LogP contribution in [0.2, 0.25) is 0 Å². The van der Waals surface area contributed by atoms with Crippen LogP contribution in [0.1, 0.15) is 37.0 Å². The number of methoxy groups -OCH3 is 2. The van der Waals surface area contributed by atoms with Gasteiger partial charge in [0.15, 0.2) is 0 Å². The minimum atomic E-state index is -4.21. The third-order valence-electron chi connectivity index (χ3n) is 5.22. The van der Waals surface area contributed by atoms with E-state index in [0.717, 1.165) is 12.8 Å². The topological polar surface area (TPSA) is 131 Å². The molecule has 2 aromatic carbocycles. The van der Waals surface area contributed by atoms with E-state index >= 15 is 0 Å². The second kappa shape index (κ2) is 10.2. The van der Waals surface area contributed by atoms with E-state index in [4.69, 9.17) is 9.47 Å². The molecular weight excluding hydrogens is 482 g/mol. The first-order chi connectivity index (χ1) is 16.0. The molecule has 3 rings (SSSR count). The summed E-state index contributed by atoms with van der Waals surface area (Å²) in [6.45, 7) is 4.55. The number of anilines is 1. The average molecular weight is 512 g/mol. The molecule has 0 aliphatic carbocycles. The highest BCUT2D eigenvalue weighted by Gasteiger charge is 2.26. The van der Waals surface area contributed by atoms with Crippen LogP contribution in [0, 0.1) is 0 Å². The molecule has 1 aliphatic rings. The van der Waals surface area contributed by atoms with E-state index in [2.05, 4.69) is 9.44 Å². The smallest absolute Gasteiger partial charge is 0.262 e. The first kappa shape index (κ1) is 25.8. The minimum Gasteiger partial charge on any atom is -0.496 e. The third-order valence-corrected chi connectivity index (χ3v) is 8.24. The maximum atomic E-state index is 13.2. The number of sulfonamides is 2. The Morgan fingerprint density at radius 3 is 2.00 bits per heavy atom. The van der Waals surface area contributed by atoms with Gasteiger partial charge in [-0.15, -0.1) is 0 Å². The Morgan fingerprint density at radius 1 is 0.882 bits per heavy atom. The largest absolute Gasteiger partial charge is 0.496 e. The molecule has 2 aromatic rings. The molecule has 0 atom stereocenters. The molecule has 1 fully saturated rings. The molecule has 0 unspecified atom stereocenters. The predicted octanol–water partition coefficient (Wildman–Crippen LogP) is 2.43. The zero-order chi connectivity index (χ0) is 25.1. The average Bonchev–Trinajstić information content (AvgIpc) is 3.32. The summed E-state index contributed by atoms with van der Waals surface area (Å²) in [5.41, 5.74) is 0.0778. The summed E-state index contributed by atoms with van der Waals surface area (Å²) in [5.74, 6) is 0.0899. The fraction of sp³-hybridized carbons (Fsp3) is 0.409. The van der Waals surface area contributed by atoms with E-state index in [9.17, 15) is 21.6 Å². The molecule has 1 aliphatic heterocycles. The number of nitrogens with zero attached hydrogens (tertiary/aromatic N) is 1. The zero-order valence-corrected chi connectivity index (χ0v) is 21.1. The van der Waals surface area contributed by atoms with Crippen molar-refractivity contribution in [3.8, 4) is 11.5 Å². The van der Waals surface area contributed by atoms with E-state index < -0.39 is 20.0 Å². The quantitative estimate of drug-likeness (QED) is 0.529. The Bertz CT molecular complexity index is 1270. The Morgan fingerprint density at radius 2 is 1.44 bits per heavy atom. The molecule has 12 heteroatoms. The van der Waals surface area contributed by atoms with Crippen molar-refractivity contribution in [2.75, 3.05) is 32.0 Å². The molecule has 0 aromatic heterocycles. The van der Waals surface area contributed by atoms with Crippen molar-refractivity contribution in [2.24, 2.45) is 0 Å². The number of carbonyl (C=O) groups excluding carboxylic acids is 1. The van der Waals surface area contributed by atoms with Gasteiger partial charge in [0.25, 0.3) is 15.9 Å². The van der Waals surface area contributed by atoms with Crippen LogP contribution in [0.3, 0.4) is 0 Å². The van der Waals surface area contributed by atoms with Crippen LogP contribution < -0.4 is 18.9 Å². The molecule has 1 heterocycles. The first-order valence-corrected chi connectivity index (χ1v) is 13.7. The van der Waals surface area contributed by atoms with E-state index in [1.165, 1.54) is 50.6 Å². The van der Waals surface area contributed by atoms with Gasteiger partial charge in [0.2, 0.25) is 10.0 Å². The van der Waals surface area contributed by atoms with Crippen LogP contribution in [0.4, 0.5) is 5.69 Å². The lowest BCUT2D eigenvalue weighted by atomic mass is 10.1. The molecule has 34 heavy (non-hydrogen) atoms. The summed E-state index contributed by atoms with van der Waals surface area (Å²) >= 11 is 0. The Balaban J connectivity index is 1.99. The van der Waals surface area contributed by atoms with Crippen molar-refractivity contribution >= 4 is 31.6 Å². The maximum absolute atomic E-state index is 13.2. The molecule has 0 bridgehead atoms. The van der Waals surface area contributed by atoms with E-state index in [1.807, 2.05) is 0 Å². The summed E-state index contributed by atoms with van der Waals surface area (Å²) in [4.78, 5) is 14.3. The second-order valence-electron chi connectivity index (χ2n) is 8.10. The highest BCUT2D eigenvalue weighted by atomic mass is 32.2. The summed E-state index contributed by atoms with van der Waals surface area (Å²) in [5, 5.41) is 0. The molecule has 2 N–H and O–H groups in total. The van der Waals surface area contributed by atoms with Gasteiger partial charge in [0.1, 0.15) is 11.5 Å². The van der Waals surface area contributed by atoms with Crippen LogP contribution in [0.15, 0.2) is 46.2 Å². The normalized spacial score (nSPS) is 14.3. The van der Waals surface area contributed by atoms with Gasteiger partial charge >= 0.3 is 0 Å². The Kier molecular flexibility index (Phi) is 7.74. The van der Waals surface area contributed by atoms with E-state index in [-0.39, 0.29) is 44.5 Å². The molecule has 1 saturated heterocycles. The van der Waals surface area contributed by atoms with Crippen molar-refractivity contribution in [2.45, 2.75) is 42.5 Å². The number of likely N-dealkylation sites (tertiary alicyclic amines) is 1. The van der Waals surface area contributed by atoms with Gasteiger partial charge in [0, 0.05) is 19.1 Å². The van der Waals surface area contributed by atoms with Gasteiger partial charge in [-0.05, 0) is 63.1 Å². The fourth-order valence-corrected chi connectivity index (χ4v) is 5.99. The molecule has 10 nitrogen and oxygen atoms in total. The van der Waals surface area contributed by atoms with Gasteiger partial charge in [-0.2, -0.15) is 0 Å². The highest BCUT2D eigenvalue weighted by Crippen LogP contribution is 2.31. The van der Waals surface area contributed by atoms with Crippen LogP contribution >= 0.6 is 0 Å². The SMILES string of the molecule is COc1ccc(S(=O)(=O)NC(C)C)cc1NS(=O)(=O)c1ccc(OC)c(C(=O)N2CCCC2)c1. The Labute approximate surface area is 200 Å². The monoisotopic (exact) mass is 511 g/mol. The van der Waals surface area contributed by atoms with Crippen molar-refractivity contribution in [1.82, 2.24) is 9.62 Å². The van der Waals surface area contributed by atoms with Gasteiger partial charge in [-0.1, -0.05) is 0 Å². The van der Waals surface area contributed by atoms with Gasteiger partial charge in [-0.25, -0.2) is 21.6 Å². The van der Waals surface area contributed by atoms with Crippen molar-refractivity contribution in [3.05, 3.63) is 42.0 Å². The summed E-state index contributed by atoms with van der Waals surface area (Å²) in [6.07, 6.45) is 1.77. The lowest BCUT2D eigenvalue weighted by Gasteiger charge is -2.18. The third kappa shape index (κ3) is 5.62. The number of hydrogen-bond donors (Lipinski definition) is 2. The minimum absolute atomic E-state index is 0.0580. The molecule has 0 spiro atoms. The Hall–Kier alpha value is -2.83. The maximum Gasteiger partial charge on any atom is 0.262 e. The number of carbonyl (C=O) groups is 1. The fourth-order valence-electron chi connectivity index (χ4n) is 3.63. The second-order valence-corrected chi connectivity index (χ2v) is 11.5. The summed E-state index contributed by atoms with van der Waals surface area (Å²) in [6, 6.07) is 7.51. The van der Waals surface area contributed by atoms with Crippen LogP contribution in [0.25, 0.3) is 0 Å². The van der Waals surface area contributed by atoms with Crippen LogP contribution in [-0.4, -0.2) is 61.0 Å². The first-order valence-electron chi connectivity index (χ1n) is 10.7. The number of nitrogens with one attached hydrogen (secondary N) is 2. The number of amides is 1. The standard InChI is InChI=1S/C22H29N3O7S2/c1-15(2)23-33(27,28)17-8-10-21(32-4)19(14-17)24-34(29,30)16-7-9-20(31-3)18(13-16)22(26)25-11-5-6-12-25/h7-10,13-15,23-24H,5-6,11-12H2,1-4H3. The molecular formula is C22H29N3O7S2. The van der Waals surface area contributed by atoms with E-state index in [1.54, 1.807) is 18.7 Å². The van der Waals surface area contributed by atoms with Crippen LogP contribution in [0.5, 0.6) is 11.5 Å². The number of ether oxygens (including phenoxy) is 2. The molecule has 0 radical (unpaired) electrons. The number of hydrogen-bond acceptors (Lipinski definition) is 7. The zero-order valence-electron chi connectivity index (χ0n) is 19.5. The predicted molar refractivity (Wildman–Crippen MR) is 127 cm³/mol. The summed E-state index contributed by atoms with van der Waals surface area (Å²) < 4.78 is 66.9. The van der Waals surface area contributed by atoms with Gasteiger partial charge in [-0.3, -0.25) is 9.52 Å². The lowest BCUT2D eigenvalue weighted by molar-refractivity contribution is 0.0789. The number of benzene rings is 2. The highest BCUT2D eigenvalue weighted by molar-refractivity contribution is 7.92. The van der Waals surface area contributed by atoms with E-state index in [0.29, 0.717) is 13.1 Å². The molecule has 0 saturated carbocycles. The molecule has 186 valence electrons. The number of rotatable bonds is 9. The van der Waals surface area contributed by atoms with Crippen molar-refractivity contribution in [3.63, 3.8) is 0 Å². The van der Waals surface area contributed by atoms with Gasteiger partial charge in [0.05, 0.1) is 35.3 Å². The van der Waals surface area contributed by atoms with Crippen LogP contribution in [-0.2, 0) is 20.0 Å². The van der Waals surface area contributed by atoms with Gasteiger partial charge < -0.3 is 14.4 Å². The van der Waals surface area contributed by atoms with Crippen molar-refractivity contribution in [1.29, 1.82) is 0 Å².